The minimum Gasteiger partial charge on any atom is -0.495 e. The molecule has 4 rings (SSSR count). The number of carbonyl (C=O) groups is 2. The Balaban J connectivity index is 1.53. The highest BCUT2D eigenvalue weighted by Gasteiger charge is 2.16. The highest BCUT2D eigenvalue weighted by Crippen LogP contribution is 2.25. The van der Waals surface area contributed by atoms with Crippen molar-refractivity contribution in [2.75, 3.05) is 19.0 Å². The lowest BCUT2D eigenvalue weighted by Gasteiger charge is -2.08. The lowest BCUT2D eigenvalue weighted by Crippen LogP contribution is -2.32. The first-order valence-electron chi connectivity index (χ1n) is 11.7. The molecule has 4 aromatic rings. The van der Waals surface area contributed by atoms with Crippen LogP contribution in [0.25, 0.3) is 16.9 Å². The first-order chi connectivity index (χ1) is 18.1. The number of benzene rings is 3. The number of carbonyl (C=O) groups excluding carboxylic acids is 2. The number of aromatic nitrogens is 2. The Bertz CT molecular complexity index is 1380. The van der Waals surface area contributed by atoms with Gasteiger partial charge in [0.05, 0.1) is 31.3 Å². The van der Waals surface area contributed by atoms with Crippen LogP contribution in [0.2, 0.25) is 0 Å². The number of nitrogens with one attached hydrogen (secondary N) is 2. The number of nitrogens with zero attached hydrogens (tertiary/aromatic N) is 3. The normalized spacial score (nSPS) is 10.8. The number of amides is 2. The third kappa shape index (κ3) is 6.40. The molecule has 0 radical (unpaired) electrons. The van der Waals surface area contributed by atoms with Crippen LogP contribution >= 0.6 is 0 Å². The molecule has 0 fully saturated rings. The van der Waals surface area contributed by atoms with E-state index in [9.17, 15) is 9.59 Å². The smallest absolute Gasteiger partial charge is 0.329 e. The van der Waals surface area contributed by atoms with Crippen molar-refractivity contribution in [3.8, 4) is 28.4 Å². The first kappa shape index (κ1) is 25.2. The van der Waals surface area contributed by atoms with Gasteiger partial charge in [0.15, 0.2) is 0 Å². The van der Waals surface area contributed by atoms with Gasteiger partial charge in [-0.2, -0.15) is 10.2 Å². The molecule has 1 aromatic heterocycles. The molecule has 2 amide bonds. The van der Waals surface area contributed by atoms with Gasteiger partial charge in [-0.1, -0.05) is 37.3 Å². The molecule has 0 aliphatic rings. The van der Waals surface area contributed by atoms with Gasteiger partial charge < -0.3 is 14.8 Å². The largest absolute Gasteiger partial charge is 0.495 e. The second kappa shape index (κ2) is 12.2. The summed E-state index contributed by atoms with van der Waals surface area (Å²) < 4.78 is 12.6. The summed E-state index contributed by atoms with van der Waals surface area (Å²) in [6, 6.07) is 24.0. The molecule has 0 aliphatic heterocycles. The molecule has 188 valence electrons. The van der Waals surface area contributed by atoms with E-state index in [1.54, 1.807) is 35.1 Å². The monoisotopic (exact) mass is 497 g/mol. The summed E-state index contributed by atoms with van der Waals surface area (Å²) in [4.78, 5) is 24.7. The molecular formula is C28H27N5O4. The zero-order valence-electron chi connectivity index (χ0n) is 20.5. The van der Waals surface area contributed by atoms with Crippen molar-refractivity contribution in [1.29, 1.82) is 0 Å². The highest BCUT2D eigenvalue weighted by atomic mass is 16.5. The van der Waals surface area contributed by atoms with Crippen molar-refractivity contribution in [3.05, 3.63) is 90.6 Å². The summed E-state index contributed by atoms with van der Waals surface area (Å²) in [6.07, 6.45) is 4.18. The van der Waals surface area contributed by atoms with E-state index >= 15 is 0 Å². The van der Waals surface area contributed by atoms with Crippen LogP contribution in [0.5, 0.6) is 11.5 Å². The Labute approximate surface area is 214 Å². The van der Waals surface area contributed by atoms with E-state index < -0.39 is 11.8 Å². The van der Waals surface area contributed by atoms with Gasteiger partial charge >= 0.3 is 11.8 Å². The number of ether oxygens (including phenoxy) is 2. The van der Waals surface area contributed by atoms with E-state index in [4.69, 9.17) is 14.6 Å². The van der Waals surface area contributed by atoms with Gasteiger partial charge in [-0.25, -0.2) is 10.1 Å². The quantitative estimate of drug-likeness (QED) is 0.202. The van der Waals surface area contributed by atoms with Crippen molar-refractivity contribution in [2.45, 2.75) is 13.3 Å². The topological polar surface area (TPSA) is 107 Å². The fourth-order valence-electron chi connectivity index (χ4n) is 3.49. The molecule has 2 N–H and O–H groups in total. The summed E-state index contributed by atoms with van der Waals surface area (Å²) in [5, 5.41) is 11.2. The third-order valence-electron chi connectivity index (χ3n) is 5.30. The van der Waals surface area contributed by atoms with E-state index in [0.717, 1.165) is 23.4 Å². The minimum absolute atomic E-state index is 0.381. The summed E-state index contributed by atoms with van der Waals surface area (Å²) in [6.45, 7) is 2.70. The number of hydrogen-bond acceptors (Lipinski definition) is 6. The van der Waals surface area contributed by atoms with E-state index in [-0.39, 0.29) is 0 Å². The van der Waals surface area contributed by atoms with Crippen molar-refractivity contribution in [3.63, 3.8) is 0 Å². The van der Waals surface area contributed by atoms with Crippen molar-refractivity contribution in [1.82, 2.24) is 15.2 Å². The maximum Gasteiger partial charge on any atom is 0.329 e. The van der Waals surface area contributed by atoms with E-state index in [1.165, 1.54) is 13.3 Å². The zero-order chi connectivity index (χ0) is 26.0. The van der Waals surface area contributed by atoms with E-state index in [1.807, 2.05) is 54.6 Å². The minimum atomic E-state index is -0.920. The lowest BCUT2D eigenvalue weighted by atomic mass is 10.1. The Morgan fingerprint density at radius 1 is 0.973 bits per heavy atom. The van der Waals surface area contributed by atoms with Crippen molar-refractivity contribution in [2.24, 2.45) is 5.10 Å². The second-order valence-electron chi connectivity index (χ2n) is 7.94. The number of anilines is 1. The molecule has 0 spiro atoms. The lowest BCUT2D eigenvalue weighted by molar-refractivity contribution is -0.136. The molecular weight excluding hydrogens is 470 g/mol. The van der Waals surface area contributed by atoms with Gasteiger partial charge in [-0.05, 0) is 55.0 Å². The average molecular weight is 498 g/mol. The fourth-order valence-corrected chi connectivity index (χ4v) is 3.49. The fraction of sp³-hybridized carbons (Fsp3) is 0.143. The summed E-state index contributed by atoms with van der Waals surface area (Å²) >= 11 is 0. The maximum atomic E-state index is 12.3. The molecule has 0 bridgehead atoms. The summed E-state index contributed by atoms with van der Waals surface area (Å²) in [5.41, 5.74) is 5.67. The van der Waals surface area contributed by atoms with E-state index in [0.29, 0.717) is 29.3 Å². The van der Waals surface area contributed by atoms with Gasteiger partial charge in [-0.3, -0.25) is 9.59 Å². The zero-order valence-corrected chi connectivity index (χ0v) is 20.5. The summed E-state index contributed by atoms with van der Waals surface area (Å²) in [5.74, 6) is -0.575. The van der Waals surface area contributed by atoms with Crippen LogP contribution in [0.1, 0.15) is 18.9 Å². The Morgan fingerprint density at radius 3 is 2.43 bits per heavy atom. The predicted octanol–water partition coefficient (Wildman–Crippen LogP) is 4.43. The third-order valence-corrected chi connectivity index (χ3v) is 5.30. The molecule has 37 heavy (non-hydrogen) atoms. The van der Waals surface area contributed by atoms with E-state index in [2.05, 4.69) is 22.8 Å². The molecule has 1 heterocycles. The molecule has 3 aromatic carbocycles. The molecule has 0 unspecified atom stereocenters. The second-order valence-corrected chi connectivity index (χ2v) is 7.94. The van der Waals surface area contributed by atoms with Gasteiger partial charge in [0, 0.05) is 17.3 Å². The number of hydrazone groups is 1. The van der Waals surface area contributed by atoms with Gasteiger partial charge in [0.25, 0.3) is 0 Å². The standard InChI is InChI=1S/C28H27N5O4/c1-3-17-37-23-15-13-20(14-16-23)26-21(19-33(32-26)22-9-5-4-6-10-22)18-29-31-28(35)27(34)30-24-11-7-8-12-25(24)36-2/h4-16,18-19H,3,17H2,1-2H3,(H,30,34)(H,31,35)/b29-18-. The molecule has 0 aliphatic carbocycles. The Kier molecular flexibility index (Phi) is 8.28. The van der Waals surface area contributed by atoms with Gasteiger partial charge in [0.1, 0.15) is 17.2 Å². The van der Waals surface area contributed by atoms with Crippen LogP contribution in [0.3, 0.4) is 0 Å². The average Bonchev–Trinajstić information content (AvgIpc) is 3.37. The molecule has 0 atom stereocenters. The molecule has 0 saturated heterocycles. The SMILES string of the molecule is CCCOc1ccc(-c2nn(-c3ccccc3)cc2/C=N\NC(=O)C(=O)Nc2ccccc2OC)cc1. The van der Waals surface area contributed by atoms with Crippen LogP contribution in [0.4, 0.5) is 5.69 Å². The van der Waals surface area contributed by atoms with Gasteiger partial charge in [-0.15, -0.1) is 0 Å². The molecule has 9 nitrogen and oxygen atoms in total. The highest BCUT2D eigenvalue weighted by molar-refractivity contribution is 6.39. The van der Waals surface area contributed by atoms with Crippen LogP contribution in [0.15, 0.2) is 90.2 Å². The van der Waals surface area contributed by atoms with Crippen LogP contribution in [0, 0.1) is 0 Å². The Hall–Kier alpha value is -4.92. The van der Waals surface area contributed by atoms with Crippen LogP contribution in [-0.4, -0.2) is 41.5 Å². The number of methoxy groups -OCH3 is 1. The van der Waals surface area contributed by atoms with Crippen molar-refractivity contribution >= 4 is 23.7 Å². The Morgan fingerprint density at radius 2 is 1.70 bits per heavy atom. The first-order valence-corrected chi connectivity index (χ1v) is 11.7. The number of hydrogen-bond donors (Lipinski definition) is 2. The van der Waals surface area contributed by atoms with Gasteiger partial charge in [0.2, 0.25) is 0 Å². The van der Waals surface area contributed by atoms with Crippen LogP contribution in [-0.2, 0) is 9.59 Å². The number of rotatable bonds is 9. The number of para-hydroxylation sites is 3. The van der Waals surface area contributed by atoms with Crippen LogP contribution < -0.4 is 20.2 Å². The molecule has 0 saturated carbocycles. The maximum absolute atomic E-state index is 12.3. The summed E-state index contributed by atoms with van der Waals surface area (Å²) in [7, 11) is 1.48. The van der Waals surface area contributed by atoms with Crippen molar-refractivity contribution < 1.29 is 19.1 Å². The predicted molar refractivity (Wildman–Crippen MR) is 142 cm³/mol. The molecule has 9 heteroatoms.